The van der Waals surface area contributed by atoms with Crippen LogP contribution in [0.3, 0.4) is 0 Å². The minimum Gasteiger partial charge on any atom is -0.444 e. The zero-order valence-corrected chi connectivity index (χ0v) is 39.1. The first kappa shape index (κ1) is 50.4. The van der Waals surface area contributed by atoms with Crippen LogP contribution in [-0.4, -0.2) is 95.7 Å². The standard InChI is InChI=1S/C48H65N7O9S/c1-7-8-9-13-38-41(65(62,63)36-24-16-32(3)17-25-36)39(55-45(60)48(50,26-28-54(38)55)29-33-18-14-31(2)15-19-33)43(58)53-37(12-10-11-27-51-46(61)64-47(4,5)6)40(56)44(59)52-30-34-20-22-35(23-21-34)42(49)57/h14-25,37-38,40,56H,7-13,26-30,50H2,1-6H3,(H2,49,57)(H,51,61)(H,52,59)(H,53,58)/t37-,38?,40?,48?/m0/s1. The molecule has 3 aromatic rings. The Morgan fingerprint density at radius 3 is 2.11 bits per heavy atom. The van der Waals surface area contributed by atoms with E-state index >= 15 is 18.0 Å². The number of aryl methyl sites for hydroxylation is 2. The summed E-state index contributed by atoms with van der Waals surface area (Å²) in [6, 6.07) is 17.8. The number of nitrogens with zero attached hydrogens (tertiary/aromatic N) is 2. The third kappa shape index (κ3) is 12.8. The highest BCUT2D eigenvalue weighted by Crippen LogP contribution is 2.43. The molecular formula is C48H65N7O9S. The summed E-state index contributed by atoms with van der Waals surface area (Å²) in [4.78, 5) is 67.4. The van der Waals surface area contributed by atoms with Crippen LogP contribution < -0.4 is 27.4 Å². The Kier molecular flexibility index (Phi) is 16.7. The number of carbonyl (C=O) groups excluding carboxylic acids is 5. The fraction of sp³-hybridized carbons (Fsp3) is 0.479. The number of ether oxygens (including phenoxy) is 1. The zero-order valence-electron chi connectivity index (χ0n) is 38.3. The Morgan fingerprint density at radius 1 is 0.892 bits per heavy atom. The van der Waals surface area contributed by atoms with Crippen LogP contribution in [0.4, 0.5) is 4.79 Å². The van der Waals surface area contributed by atoms with Crippen molar-refractivity contribution in [1.82, 2.24) is 26.0 Å². The number of carbonyl (C=O) groups is 5. The summed E-state index contributed by atoms with van der Waals surface area (Å²) in [5.41, 5.74) is 13.2. The van der Waals surface area contributed by atoms with Gasteiger partial charge < -0.3 is 37.3 Å². The van der Waals surface area contributed by atoms with Crippen LogP contribution in [0.15, 0.2) is 88.3 Å². The number of aliphatic hydroxyl groups is 1. The number of primary amides is 1. The molecule has 0 aliphatic carbocycles. The third-order valence-electron chi connectivity index (χ3n) is 11.6. The van der Waals surface area contributed by atoms with E-state index in [0.29, 0.717) is 24.8 Å². The average molecular weight is 916 g/mol. The molecule has 5 rings (SSSR count). The lowest BCUT2D eigenvalue weighted by molar-refractivity contribution is -0.160. The lowest BCUT2D eigenvalue weighted by atomic mass is 9.85. The van der Waals surface area contributed by atoms with E-state index in [4.69, 9.17) is 16.2 Å². The minimum atomic E-state index is -4.46. The van der Waals surface area contributed by atoms with Crippen molar-refractivity contribution in [2.75, 3.05) is 13.1 Å². The maximum absolute atomic E-state index is 15.1. The number of sulfone groups is 1. The Balaban J connectivity index is 1.54. The van der Waals surface area contributed by atoms with Crippen molar-refractivity contribution in [2.45, 2.75) is 140 Å². The molecule has 4 atom stereocenters. The maximum Gasteiger partial charge on any atom is 0.407 e. The Morgan fingerprint density at radius 2 is 1.51 bits per heavy atom. The van der Waals surface area contributed by atoms with Crippen LogP contribution >= 0.6 is 0 Å². The average Bonchev–Trinajstić information content (AvgIpc) is 3.59. The van der Waals surface area contributed by atoms with E-state index in [9.17, 15) is 19.5 Å². The van der Waals surface area contributed by atoms with Crippen molar-refractivity contribution in [2.24, 2.45) is 11.5 Å². The zero-order chi connectivity index (χ0) is 47.7. The minimum absolute atomic E-state index is 0.00278. The molecule has 5 amide bonds. The molecule has 65 heavy (non-hydrogen) atoms. The van der Waals surface area contributed by atoms with Crippen LogP contribution in [0.25, 0.3) is 0 Å². The van der Waals surface area contributed by atoms with Gasteiger partial charge in [-0.05, 0) is 109 Å². The molecule has 17 heteroatoms. The van der Waals surface area contributed by atoms with E-state index in [1.165, 1.54) is 24.3 Å². The van der Waals surface area contributed by atoms with E-state index < -0.39 is 74.6 Å². The molecule has 16 nitrogen and oxygen atoms in total. The van der Waals surface area contributed by atoms with Gasteiger partial charge in [0.2, 0.25) is 15.7 Å². The first-order chi connectivity index (χ1) is 30.6. The van der Waals surface area contributed by atoms with Gasteiger partial charge in [0.15, 0.2) is 6.10 Å². The van der Waals surface area contributed by atoms with Crippen LogP contribution in [-0.2, 0) is 41.9 Å². The van der Waals surface area contributed by atoms with Gasteiger partial charge in [-0.3, -0.25) is 19.2 Å². The number of alkyl carbamates (subject to hydrolysis) is 1. The summed E-state index contributed by atoms with van der Waals surface area (Å²) in [5, 5.41) is 22.6. The first-order valence-corrected chi connectivity index (χ1v) is 23.8. The Hall–Kier alpha value is -5.62. The van der Waals surface area contributed by atoms with Gasteiger partial charge in [0, 0.05) is 25.2 Å². The summed E-state index contributed by atoms with van der Waals surface area (Å²) < 4.78 is 35.3. The van der Waals surface area contributed by atoms with Crippen molar-refractivity contribution >= 4 is 39.6 Å². The lowest BCUT2D eigenvalue weighted by Gasteiger charge is -2.45. The third-order valence-corrected chi connectivity index (χ3v) is 13.5. The highest BCUT2D eigenvalue weighted by Gasteiger charge is 2.56. The van der Waals surface area contributed by atoms with Gasteiger partial charge in [0.25, 0.3) is 17.7 Å². The molecule has 8 N–H and O–H groups in total. The molecule has 0 saturated carbocycles. The Labute approximate surface area is 382 Å². The predicted octanol–water partition coefficient (Wildman–Crippen LogP) is 4.60. The highest BCUT2D eigenvalue weighted by atomic mass is 32.2. The number of benzene rings is 3. The number of fused-ring (bicyclic) bond motifs is 1. The van der Waals surface area contributed by atoms with E-state index in [-0.39, 0.29) is 60.7 Å². The molecule has 0 radical (unpaired) electrons. The van der Waals surface area contributed by atoms with Gasteiger partial charge >= 0.3 is 6.09 Å². The smallest absolute Gasteiger partial charge is 0.407 e. The van der Waals surface area contributed by atoms with Gasteiger partial charge in [-0.2, -0.15) is 0 Å². The molecule has 3 aromatic carbocycles. The molecule has 352 valence electrons. The SMILES string of the molecule is CCCCCC1C(S(=O)(=O)c2ccc(C)cc2)=C(C(=O)N[C@@H](CCCCNC(=O)OC(C)(C)C)C(O)C(=O)NCc2ccc(C(N)=O)cc2)N2C(=O)C(N)(Cc3ccc(C)cc3)CCN12. The fourth-order valence-electron chi connectivity index (χ4n) is 8.04. The number of rotatable bonds is 20. The second-order valence-electron chi connectivity index (χ2n) is 18.1. The molecule has 0 bridgehead atoms. The van der Waals surface area contributed by atoms with Crippen molar-refractivity contribution in [1.29, 1.82) is 0 Å². The predicted molar refractivity (Wildman–Crippen MR) is 246 cm³/mol. The number of aliphatic hydroxyl groups excluding tert-OH is 1. The molecule has 3 unspecified atom stereocenters. The summed E-state index contributed by atoms with van der Waals surface area (Å²) in [7, 11) is -4.46. The molecule has 2 aliphatic rings. The van der Waals surface area contributed by atoms with Crippen molar-refractivity contribution in [3.63, 3.8) is 0 Å². The number of nitrogens with one attached hydrogen (secondary N) is 3. The van der Waals surface area contributed by atoms with Gasteiger partial charge in [-0.25, -0.2) is 23.2 Å². The van der Waals surface area contributed by atoms with E-state index in [1.54, 1.807) is 50.0 Å². The molecule has 0 aromatic heterocycles. The molecule has 1 saturated heterocycles. The van der Waals surface area contributed by atoms with Crippen LogP contribution in [0.5, 0.6) is 0 Å². The number of hydrogen-bond acceptors (Lipinski definition) is 11. The van der Waals surface area contributed by atoms with Crippen molar-refractivity contribution in [3.05, 3.63) is 111 Å². The number of hydrazine groups is 1. The number of hydrogen-bond donors (Lipinski definition) is 6. The summed E-state index contributed by atoms with van der Waals surface area (Å²) in [6.45, 7) is 11.3. The van der Waals surface area contributed by atoms with E-state index in [0.717, 1.165) is 34.5 Å². The van der Waals surface area contributed by atoms with Crippen molar-refractivity contribution in [3.8, 4) is 0 Å². The normalized spacial score (nSPS) is 18.7. The van der Waals surface area contributed by atoms with Gasteiger partial charge in [-0.1, -0.05) is 85.8 Å². The summed E-state index contributed by atoms with van der Waals surface area (Å²) >= 11 is 0. The number of nitrogens with two attached hydrogens (primary N) is 2. The lowest BCUT2D eigenvalue weighted by Crippen LogP contribution is -2.66. The number of amides is 5. The first-order valence-electron chi connectivity index (χ1n) is 22.3. The highest BCUT2D eigenvalue weighted by molar-refractivity contribution is 7.95. The van der Waals surface area contributed by atoms with Crippen molar-refractivity contribution < 1.29 is 42.2 Å². The molecule has 0 spiro atoms. The summed E-state index contributed by atoms with van der Waals surface area (Å²) in [5.74, 6) is -3.11. The van der Waals surface area contributed by atoms with E-state index in [2.05, 4.69) is 16.0 Å². The van der Waals surface area contributed by atoms with Gasteiger partial charge in [-0.15, -0.1) is 0 Å². The largest absolute Gasteiger partial charge is 0.444 e. The van der Waals surface area contributed by atoms with Gasteiger partial charge in [0.05, 0.1) is 21.9 Å². The molecule has 1 fully saturated rings. The Bertz CT molecular complexity index is 2330. The van der Waals surface area contributed by atoms with Crippen LogP contribution in [0.1, 0.15) is 112 Å². The topological polar surface area (TPSA) is 244 Å². The maximum atomic E-state index is 15.1. The fourth-order valence-corrected chi connectivity index (χ4v) is 9.81. The quantitative estimate of drug-likeness (QED) is 0.0856. The molecular weight excluding hydrogens is 851 g/mol. The van der Waals surface area contributed by atoms with Crippen LogP contribution in [0.2, 0.25) is 0 Å². The van der Waals surface area contributed by atoms with Crippen LogP contribution in [0, 0.1) is 13.8 Å². The monoisotopic (exact) mass is 915 g/mol. The second kappa shape index (κ2) is 21.6. The van der Waals surface area contributed by atoms with E-state index in [1.807, 2.05) is 45.0 Å². The second-order valence-corrected chi connectivity index (χ2v) is 20.0. The summed E-state index contributed by atoms with van der Waals surface area (Å²) in [6.07, 6.45) is 0.978. The number of unbranched alkanes of at least 4 members (excludes halogenated alkanes) is 3. The molecule has 2 aliphatic heterocycles. The molecule has 2 heterocycles. The van der Waals surface area contributed by atoms with Gasteiger partial charge in [0.1, 0.15) is 16.8 Å².